The number of anilines is 1. The number of rotatable bonds is 10. The maximum Gasteiger partial charge on any atom is 0.243 e. The normalized spacial score (nSPS) is 17.4. The van der Waals surface area contributed by atoms with Gasteiger partial charge in [0.15, 0.2) is 0 Å². The molecule has 2 heterocycles. The molecular weight excluding hydrogens is 578 g/mol. The highest BCUT2D eigenvalue weighted by Gasteiger charge is 2.36. The third-order valence-electron chi connectivity index (χ3n) is 8.51. The Morgan fingerprint density at radius 2 is 1.30 bits per heavy atom. The fourth-order valence-electron chi connectivity index (χ4n) is 6.18. The molecule has 0 unspecified atom stereocenters. The summed E-state index contributed by atoms with van der Waals surface area (Å²) in [7, 11) is 0. The van der Waals surface area contributed by atoms with E-state index in [-0.39, 0.29) is 36.7 Å². The highest BCUT2D eigenvalue weighted by Crippen LogP contribution is 2.29. The Labute approximate surface area is 269 Å². The zero-order valence-electron chi connectivity index (χ0n) is 25.8. The number of benzene rings is 4. The maximum atomic E-state index is 13.6. The molecule has 2 saturated heterocycles. The van der Waals surface area contributed by atoms with Gasteiger partial charge in [0.1, 0.15) is 17.5 Å². The number of ether oxygens (including phenoxy) is 1. The summed E-state index contributed by atoms with van der Waals surface area (Å²) in [4.78, 5) is 45.6. The van der Waals surface area contributed by atoms with E-state index in [9.17, 15) is 14.4 Å². The van der Waals surface area contributed by atoms with Gasteiger partial charge < -0.3 is 20.3 Å². The van der Waals surface area contributed by atoms with Crippen molar-refractivity contribution in [2.45, 2.75) is 18.5 Å². The highest BCUT2D eigenvalue weighted by molar-refractivity contribution is 5.97. The number of nitrogens with zero attached hydrogens (tertiary/aromatic N) is 3. The molecule has 2 aliphatic heterocycles. The van der Waals surface area contributed by atoms with Crippen LogP contribution in [0.3, 0.4) is 0 Å². The number of para-hydroxylation sites is 1. The molecule has 236 valence electrons. The number of carbonyl (C=O) groups is 3. The van der Waals surface area contributed by atoms with Crippen LogP contribution in [0, 0.1) is 0 Å². The first-order valence-corrected chi connectivity index (χ1v) is 15.8. The van der Waals surface area contributed by atoms with Crippen LogP contribution in [-0.4, -0.2) is 84.3 Å². The molecular formula is C37H39N5O4. The monoisotopic (exact) mass is 617 g/mol. The van der Waals surface area contributed by atoms with E-state index in [0.29, 0.717) is 24.5 Å². The summed E-state index contributed by atoms with van der Waals surface area (Å²) in [6.45, 7) is 4.04. The number of amides is 3. The third-order valence-corrected chi connectivity index (χ3v) is 8.51. The van der Waals surface area contributed by atoms with Crippen LogP contribution in [0.2, 0.25) is 0 Å². The first-order chi connectivity index (χ1) is 22.5. The second-order valence-corrected chi connectivity index (χ2v) is 11.6. The summed E-state index contributed by atoms with van der Waals surface area (Å²) in [5.41, 5.74) is 3.08. The van der Waals surface area contributed by atoms with Crippen LogP contribution in [0.25, 0.3) is 0 Å². The first-order valence-electron chi connectivity index (χ1n) is 15.8. The van der Waals surface area contributed by atoms with Crippen molar-refractivity contribution in [1.82, 2.24) is 20.0 Å². The van der Waals surface area contributed by atoms with Gasteiger partial charge in [-0.25, -0.2) is 0 Å². The molecule has 2 fully saturated rings. The molecule has 2 aliphatic rings. The summed E-state index contributed by atoms with van der Waals surface area (Å²) in [6, 6.07) is 36.8. The fraction of sp³-hybridized carbons (Fsp3) is 0.270. The molecule has 9 heteroatoms. The second-order valence-electron chi connectivity index (χ2n) is 11.6. The second kappa shape index (κ2) is 14.9. The summed E-state index contributed by atoms with van der Waals surface area (Å²) in [6.07, 6.45) is -0.122. The fourth-order valence-corrected chi connectivity index (χ4v) is 6.18. The third kappa shape index (κ3) is 7.80. The maximum absolute atomic E-state index is 13.6. The topological polar surface area (TPSA) is 94.2 Å². The van der Waals surface area contributed by atoms with Crippen molar-refractivity contribution in [1.29, 1.82) is 0 Å². The molecule has 1 atom stereocenters. The highest BCUT2D eigenvalue weighted by atomic mass is 16.5. The Balaban J connectivity index is 1.03. The molecule has 4 aromatic carbocycles. The van der Waals surface area contributed by atoms with Crippen LogP contribution in [0.15, 0.2) is 115 Å². The van der Waals surface area contributed by atoms with E-state index in [4.69, 9.17) is 4.74 Å². The Morgan fingerprint density at radius 3 is 1.91 bits per heavy atom. The molecule has 0 spiro atoms. The minimum Gasteiger partial charge on any atom is -0.457 e. The van der Waals surface area contributed by atoms with E-state index < -0.39 is 6.04 Å². The SMILES string of the molecule is O=C(C[C@@H]1C(=O)NCCN1C(=O)CN1CCN(C(c2ccccc2)c2ccccc2)CC1)Nc1ccc(Oc2ccccc2)cc1. The molecule has 46 heavy (non-hydrogen) atoms. The molecule has 6 rings (SSSR count). The number of hydrogen-bond donors (Lipinski definition) is 2. The Morgan fingerprint density at radius 1 is 0.739 bits per heavy atom. The molecule has 0 aliphatic carbocycles. The predicted octanol–water partition coefficient (Wildman–Crippen LogP) is 4.54. The van der Waals surface area contributed by atoms with Gasteiger partial charge in [0.2, 0.25) is 17.7 Å². The lowest BCUT2D eigenvalue weighted by molar-refractivity contribution is -0.145. The predicted molar refractivity (Wildman–Crippen MR) is 177 cm³/mol. The van der Waals surface area contributed by atoms with Crippen LogP contribution in [0.5, 0.6) is 11.5 Å². The van der Waals surface area contributed by atoms with Gasteiger partial charge in [-0.15, -0.1) is 0 Å². The summed E-state index contributed by atoms with van der Waals surface area (Å²) in [5.74, 6) is 0.589. The van der Waals surface area contributed by atoms with Gasteiger partial charge in [0.05, 0.1) is 19.0 Å². The summed E-state index contributed by atoms with van der Waals surface area (Å²) >= 11 is 0. The number of carbonyl (C=O) groups excluding carboxylic acids is 3. The van der Waals surface area contributed by atoms with Crippen molar-refractivity contribution < 1.29 is 19.1 Å². The Hall–Kier alpha value is -4.99. The molecule has 0 aromatic heterocycles. The van der Waals surface area contributed by atoms with Crippen LogP contribution in [0.1, 0.15) is 23.6 Å². The van der Waals surface area contributed by atoms with Crippen LogP contribution in [-0.2, 0) is 14.4 Å². The van der Waals surface area contributed by atoms with Crippen LogP contribution >= 0.6 is 0 Å². The molecule has 4 aromatic rings. The van der Waals surface area contributed by atoms with E-state index in [2.05, 4.69) is 69.0 Å². The van der Waals surface area contributed by atoms with Gasteiger partial charge >= 0.3 is 0 Å². The lowest BCUT2D eigenvalue weighted by Crippen LogP contribution is -2.60. The van der Waals surface area contributed by atoms with Crippen molar-refractivity contribution in [3.05, 3.63) is 126 Å². The molecule has 2 N–H and O–H groups in total. The van der Waals surface area contributed by atoms with Crippen molar-refractivity contribution >= 4 is 23.4 Å². The zero-order valence-corrected chi connectivity index (χ0v) is 25.8. The molecule has 0 saturated carbocycles. The van der Waals surface area contributed by atoms with E-state index in [1.54, 1.807) is 29.2 Å². The molecule has 3 amide bonds. The smallest absolute Gasteiger partial charge is 0.243 e. The lowest BCUT2D eigenvalue weighted by atomic mass is 9.96. The van der Waals surface area contributed by atoms with E-state index in [1.165, 1.54) is 11.1 Å². The zero-order chi connectivity index (χ0) is 31.7. The lowest BCUT2D eigenvalue weighted by Gasteiger charge is -2.41. The average Bonchev–Trinajstić information content (AvgIpc) is 3.09. The largest absolute Gasteiger partial charge is 0.457 e. The van der Waals surface area contributed by atoms with Crippen molar-refractivity contribution in [2.24, 2.45) is 0 Å². The number of hydrogen-bond acceptors (Lipinski definition) is 6. The number of piperazine rings is 2. The van der Waals surface area contributed by atoms with Crippen molar-refractivity contribution in [3.63, 3.8) is 0 Å². The summed E-state index contributed by atoms with van der Waals surface area (Å²) in [5, 5.41) is 5.68. The molecule has 0 radical (unpaired) electrons. The summed E-state index contributed by atoms with van der Waals surface area (Å²) < 4.78 is 5.82. The van der Waals surface area contributed by atoms with Crippen LogP contribution in [0.4, 0.5) is 5.69 Å². The number of nitrogens with one attached hydrogen (secondary N) is 2. The average molecular weight is 618 g/mol. The standard InChI is InChI=1S/C37H39N5O4/c43-34(39-30-16-18-32(19-17-30)46-31-14-8-3-9-15-31)26-33-37(45)38-20-21-42(33)35(44)27-40-22-24-41(25-23-40)36(28-10-4-1-5-11-28)29-12-6-2-7-13-29/h1-19,33,36H,20-27H2,(H,38,45)(H,39,43)/t33-/m1/s1. The van der Waals surface area contributed by atoms with Gasteiger partial charge in [-0.2, -0.15) is 0 Å². The Kier molecular flexibility index (Phi) is 10.0. The van der Waals surface area contributed by atoms with E-state index in [1.807, 2.05) is 42.5 Å². The van der Waals surface area contributed by atoms with Crippen molar-refractivity contribution in [2.75, 3.05) is 51.1 Å². The van der Waals surface area contributed by atoms with Gasteiger partial charge in [0, 0.05) is 45.0 Å². The quantitative estimate of drug-likeness (QED) is 0.272. The van der Waals surface area contributed by atoms with E-state index in [0.717, 1.165) is 31.9 Å². The molecule has 9 nitrogen and oxygen atoms in total. The minimum absolute atomic E-state index is 0.122. The minimum atomic E-state index is -0.858. The van der Waals surface area contributed by atoms with Gasteiger partial charge in [-0.3, -0.25) is 24.2 Å². The van der Waals surface area contributed by atoms with Crippen LogP contribution < -0.4 is 15.4 Å². The van der Waals surface area contributed by atoms with Gasteiger partial charge in [-0.1, -0.05) is 78.9 Å². The Bertz CT molecular complexity index is 1550. The van der Waals surface area contributed by atoms with Gasteiger partial charge in [0.25, 0.3) is 0 Å². The van der Waals surface area contributed by atoms with Crippen molar-refractivity contribution in [3.8, 4) is 11.5 Å². The first kappa shape index (κ1) is 31.0. The van der Waals surface area contributed by atoms with E-state index >= 15 is 0 Å². The van der Waals surface area contributed by atoms with Gasteiger partial charge in [-0.05, 0) is 47.5 Å². The molecule has 0 bridgehead atoms.